The van der Waals surface area contributed by atoms with E-state index in [1.165, 1.54) is 12.5 Å². The van der Waals surface area contributed by atoms with E-state index in [0.717, 1.165) is 38.3 Å². The molecular formula is C26H26N6O3. The summed E-state index contributed by atoms with van der Waals surface area (Å²) < 4.78 is 2.66. The first-order valence-corrected chi connectivity index (χ1v) is 11.4. The van der Waals surface area contributed by atoms with Crippen LogP contribution in [0, 0.1) is 33.6 Å². The molecule has 9 nitrogen and oxygen atoms in total. The van der Waals surface area contributed by atoms with E-state index >= 15 is 0 Å². The van der Waals surface area contributed by atoms with Gasteiger partial charge < -0.3 is 4.90 Å². The van der Waals surface area contributed by atoms with Gasteiger partial charge in [0.15, 0.2) is 5.65 Å². The molecule has 0 radical (unpaired) electrons. The molecule has 1 N–H and O–H groups in total. The number of fused-ring (bicyclic) bond motifs is 1. The zero-order valence-corrected chi connectivity index (χ0v) is 20.1. The number of amides is 2. The Morgan fingerprint density at radius 3 is 2.29 bits per heavy atom. The van der Waals surface area contributed by atoms with Crippen LogP contribution in [0.15, 0.2) is 53.7 Å². The topological polar surface area (TPSA) is 102 Å². The molecule has 178 valence electrons. The average molecular weight is 471 g/mol. The second-order valence-corrected chi connectivity index (χ2v) is 9.13. The maximum atomic E-state index is 13.0. The van der Waals surface area contributed by atoms with Crippen LogP contribution in [0.2, 0.25) is 0 Å². The Hall–Kier alpha value is -4.27. The van der Waals surface area contributed by atoms with Crippen molar-refractivity contribution in [3.8, 4) is 5.69 Å². The summed E-state index contributed by atoms with van der Waals surface area (Å²) in [6.07, 6.45) is 2.80. The van der Waals surface area contributed by atoms with E-state index in [9.17, 15) is 14.4 Å². The molecule has 1 saturated heterocycles. The minimum atomic E-state index is -0.579. The molecular weight excluding hydrogens is 444 g/mol. The Kier molecular flexibility index (Phi) is 5.47. The molecule has 0 aliphatic carbocycles. The van der Waals surface area contributed by atoms with Crippen molar-refractivity contribution < 1.29 is 9.59 Å². The number of aryl methyl sites for hydroxylation is 4. The Morgan fingerprint density at radius 2 is 1.60 bits per heavy atom. The van der Waals surface area contributed by atoms with Gasteiger partial charge in [-0.15, -0.1) is 0 Å². The molecule has 5 rings (SSSR count). The average Bonchev–Trinajstić information content (AvgIpc) is 3.44. The predicted molar refractivity (Wildman–Crippen MR) is 133 cm³/mol. The summed E-state index contributed by atoms with van der Waals surface area (Å²) in [5, 5.41) is 4.62. The molecule has 1 unspecified atom stereocenters. The van der Waals surface area contributed by atoms with Crippen LogP contribution < -0.4 is 15.9 Å². The number of benzene rings is 2. The van der Waals surface area contributed by atoms with Crippen LogP contribution in [0.1, 0.15) is 28.7 Å². The van der Waals surface area contributed by atoms with Crippen LogP contribution in [0.5, 0.6) is 0 Å². The molecule has 4 aromatic rings. The van der Waals surface area contributed by atoms with Gasteiger partial charge in [0, 0.05) is 18.7 Å². The summed E-state index contributed by atoms with van der Waals surface area (Å²) >= 11 is 0. The molecule has 3 heterocycles. The lowest BCUT2D eigenvalue weighted by atomic mass is 10.1. The molecule has 9 heteroatoms. The Labute approximate surface area is 202 Å². The lowest BCUT2D eigenvalue weighted by molar-refractivity contribution is -0.123. The number of carbonyl (C=O) groups is 2. The molecule has 1 fully saturated rings. The van der Waals surface area contributed by atoms with Crippen molar-refractivity contribution in [2.45, 2.75) is 34.1 Å². The van der Waals surface area contributed by atoms with Crippen molar-refractivity contribution >= 4 is 28.5 Å². The number of rotatable bonds is 4. The van der Waals surface area contributed by atoms with Crippen molar-refractivity contribution in [3.05, 3.63) is 81.5 Å². The summed E-state index contributed by atoms with van der Waals surface area (Å²) in [7, 11) is 0. The fourth-order valence-corrected chi connectivity index (χ4v) is 4.27. The number of aromatic nitrogens is 4. The summed E-state index contributed by atoms with van der Waals surface area (Å²) in [6.45, 7) is 8.28. The second kappa shape index (κ2) is 8.50. The first-order chi connectivity index (χ1) is 16.7. The minimum absolute atomic E-state index is 0.0773. The maximum Gasteiger partial charge on any atom is 0.283 e. The van der Waals surface area contributed by atoms with Crippen molar-refractivity contribution in [1.29, 1.82) is 0 Å². The molecule has 35 heavy (non-hydrogen) atoms. The SMILES string of the molecule is Cc1ccc(N2CC(C(=O)Nn3cnc4c(cnn4-c4ccc(C)c(C)c4)c3=O)CC2=O)cc1C. The molecule has 1 aliphatic heterocycles. The molecule has 1 atom stereocenters. The van der Waals surface area contributed by atoms with Gasteiger partial charge in [0.05, 0.1) is 17.8 Å². The van der Waals surface area contributed by atoms with Crippen LogP contribution in [-0.2, 0) is 9.59 Å². The zero-order valence-electron chi connectivity index (χ0n) is 20.1. The van der Waals surface area contributed by atoms with Gasteiger partial charge >= 0.3 is 0 Å². The van der Waals surface area contributed by atoms with Gasteiger partial charge in [0.1, 0.15) is 11.7 Å². The highest BCUT2D eigenvalue weighted by molar-refractivity contribution is 6.02. The van der Waals surface area contributed by atoms with Crippen molar-refractivity contribution in [2.75, 3.05) is 16.9 Å². The molecule has 1 aliphatic rings. The number of nitrogens with zero attached hydrogens (tertiary/aromatic N) is 5. The van der Waals surface area contributed by atoms with E-state index in [-0.39, 0.29) is 24.3 Å². The standard InChI is InChI=1S/C26H26N6O3/c1-15-5-7-20(9-17(15)3)30-13-19(11-23(30)33)25(34)29-31-14-27-24-22(26(31)35)12-28-32(24)21-8-6-16(2)18(4)10-21/h5-10,12,14,19H,11,13H2,1-4H3,(H,29,34). The minimum Gasteiger partial charge on any atom is -0.312 e. The highest BCUT2D eigenvalue weighted by Gasteiger charge is 2.35. The van der Waals surface area contributed by atoms with E-state index in [1.807, 2.05) is 64.1 Å². The Bertz CT molecular complexity index is 1550. The maximum absolute atomic E-state index is 13.0. The summed E-state index contributed by atoms with van der Waals surface area (Å²) in [5.41, 5.74) is 8.62. The van der Waals surface area contributed by atoms with Crippen molar-refractivity contribution in [3.63, 3.8) is 0 Å². The third-order valence-corrected chi connectivity index (χ3v) is 6.75. The summed E-state index contributed by atoms with van der Waals surface area (Å²) in [6, 6.07) is 11.7. The summed E-state index contributed by atoms with van der Waals surface area (Å²) in [5.74, 6) is -1.11. The van der Waals surface area contributed by atoms with E-state index in [0.29, 0.717) is 5.65 Å². The van der Waals surface area contributed by atoms with Crippen LogP contribution in [0.25, 0.3) is 16.7 Å². The fraction of sp³-hybridized carbons (Fsp3) is 0.269. The third-order valence-electron chi connectivity index (χ3n) is 6.75. The normalized spacial score (nSPS) is 15.7. The van der Waals surface area contributed by atoms with Gasteiger partial charge in [-0.05, 0) is 74.2 Å². The largest absolute Gasteiger partial charge is 0.312 e. The van der Waals surface area contributed by atoms with Crippen LogP contribution in [-0.4, -0.2) is 37.8 Å². The van der Waals surface area contributed by atoms with Gasteiger partial charge in [-0.1, -0.05) is 12.1 Å². The Morgan fingerprint density at radius 1 is 0.943 bits per heavy atom. The number of nitrogens with one attached hydrogen (secondary N) is 1. The fourth-order valence-electron chi connectivity index (χ4n) is 4.27. The smallest absolute Gasteiger partial charge is 0.283 e. The van der Waals surface area contributed by atoms with E-state index in [4.69, 9.17) is 0 Å². The van der Waals surface area contributed by atoms with Gasteiger partial charge in [-0.2, -0.15) is 5.10 Å². The lowest BCUT2D eigenvalue weighted by Crippen LogP contribution is -2.37. The van der Waals surface area contributed by atoms with Gasteiger partial charge in [0.2, 0.25) is 11.8 Å². The van der Waals surface area contributed by atoms with Gasteiger partial charge in [0.25, 0.3) is 5.56 Å². The molecule has 0 spiro atoms. The number of anilines is 1. The summed E-state index contributed by atoms with van der Waals surface area (Å²) in [4.78, 5) is 44.6. The third kappa shape index (κ3) is 3.99. The number of hydrogen-bond donors (Lipinski definition) is 1. The van der Waals surface area contributed by atoms with E-state index in [1.54, 1.807) is 9.58 Å². The zero-order chi connectivity index (χ0) is 24.9. The van der Waals surface area contributed by atoms with Crippen molar-refractivity contribution in [2.24, 2.45) is 5.92 Å². The second-order valence-electron chi connectivity index (χ2n) is 9.13. The number of hydrogen-bond acceptors (Lipinski definition) is 5. The van der Waals surface area contributed by atoms with Crippen LogP contribution >= 0.6 is 0 Å². The molecule has 0 saturated carbocycles. The highest BCUT2D eigenvalue weighted by atomic mass is 16.2. The first-order valence-electron chi connectivity index (χ1n) is 11.4. The lowest BCUT2D eigenvalue weighted by Gasteiger charge is -2.18. The van der Waals surface area contributed by atoms with Gasteiger partial charge in [-0.25, -0.2) is 14.3 Å². The monoisotopic (exact) mass is 470 g/mol. The van der Waals surface area contributed by atoms with E-state index < -0.39 is 17.4 Å². The first kappa shape index (κ1) is 22.5. The van der Waals surface area contributed by atoms with E-state index in [2.05, 4.69) is 15.5 Å². The Balaban J connectivity index is 1.37. The predicted octanol–water partition coefficient (Wildman–Crippen LogP) is 2.94. The number of carbonyl (C=O) groups excluding carboxylic acids is 2. The quantitative estimate of drug-likeness (QED) is 0.494. The van der Waals surface area contributed by atoms with Gasteiger partial charge in [-0.3, -0.25) is 19.8 Å². The molecule has 2 aromatic heterocycles. The molecule has 2 aromatic carbocycles. The van der Waals surface area contributed by atoms with Crippen LogP contribution in [0.4, 0.5) is 5.69 Å². The van der Waals surface area contributed by atoms with Crippen LogP contribution in [0.3, 0.4) is 0 Å². The molecule has 0 bridgehead atoms. The molecule has 2 amide bonds. The van der Waals surface area contributed by atoms with Crippen molar-refractivity contribution in [1.82, 2.24) is 19.4 Å². The highest BCUT2D eigenvalue weighted by Crippen LogP contribution is 2.27.